The van der Waals surface area contributed by atoms with Crippen LogP contribution in [0.15, 0.2) is 41.0 Å². The summed E-state index contributed by atoms with van der Waals surface area (Å²) in [6.07, 6.45) is 4.61. The van der Waals surface area contributed by atoms with Crippen LogP contribution in [0.5, 0.6) is 0 Å². The van der Waals surface area contributed by atoms with Crippen LogP contribution in [0.2, 0.25) is 0 Å². The largest absolute Gasteiger partial charge is 0.478 e. The van der Waals surface area contributed by atoms with Gasteiger partial charge in [-0.3, -0.25) is 9.48 Å². The number of carbonyl (C=O) groups is 2. The van der Waals surface area contributed by atoms with Gasteiger partial charge in [-0.1, -0.05) is 15.9 Å². The highest BCUT2D eigenvalue weighted by Gasteiger charge is 2.07. The summed E-state index contributed by atoms with van der Waals surface area (Å²) in [5.41, 5.74) is 1.28. The first-order chi connectivity index (χ1) is 9.95. The van der Waals surface area contributed by atoms with Crippen molar-refractivity contribution in [3.63, 3.8) is 0 Å². The number of anilines is 1. The molecule has 0 saturated heterocycles. The normalized spacial score (nSPS) is 10.8. The summed E-state index contributed by atoms with van der Waals surface area (Å²) in [5.74, 6) is -1.41. The fraction of sp³-hybridized carbons (Fsp3) is 0.0714. The van der Waals surface area contributed by atoms with Crippen molar-refractivity contribution in [2.24, 2.45) is 7.05 Å². The lowest BCUT2D eigenvalue weighted by molar-refractivity contribution is -0.111. The molecule has 1 amide bonds. The average molecular weight is 350 g/mol. The minimum Gasteiger partial charge on any atom is -0.478 e. The molecule has 21 heavy (non-hydrogen) atoms. The smallest absolute Gasteiger partial charge is 0.335 e. The van der Waals surface area contributed by atoms with Gasteiger partial charge in [0.15, 0.2) is 0 Å². The Balaban J connectivity index is 2.11. The van der Waals surface area contributed by atoms with Crippen molar-refractivity contribution in [2.75, 3.05) is 5.32 Å². The van der Waals surface area contributed by atoms with E-state index < -0.39 is 5.97 Å². The third kappa shape index (κ3) is 4.03. The van der Waals surface area contributed by atoms with Crippen molar-refractivity contribution in [3.05, 3.63) is 52.3 Å². The number of aryl methyl sites for hydroxylation is 1. The van der Waals surface area contributed by atoms with Crippen LogP contribution >= 0.6 is 15.9 Å². The van der Waals surface area contributed by atoms with Crippen LogP contribution in [0.4, 0.5) is 5.69 Å². The molecular weight excluding hydrogens is 338 g/mol. The van der Waals surface area contributed by atoms with E-state index in [1.165, 1.54) is 18.2 Å². The number of aromatic nitrogens is 2. The predicted molar refractivity (Wildman–Crippen MR) is 82.0 cm³/mol. The Kier molecular flexibility index (Phi) is 4.54. The van der Waals surface area contributed by atoms with Crippen LogP contribution in [0, 0.1) is 0 Å². The van der Waals surface area contributed by atoms with Crippen molar-refractivity contribution in [1.82, 2.24) is 9.78 Å². The number of nitrogens with one attached hydrogen (secondary N) is 1. The van der Waals surface area contributed by atoms with Gasteiger partial charge < -0.3 is 10.4 Å². The SMILES string of the molecule is Cn1nccc1/C=C/C(=O)Nc1cc(Br)cc(C(=O)O)c1. The fourth-order valence-electron chi connectivity index (χ4n) is 1.68. The third-order valence-electron chi connectivity index (χ3n) is 2.68. The third-order valence-corrected chi connectivity index (χ3v) is 3.13. The Morgan fingerprint density at radius 3 is 2.76 bits per heavy atom. The molecule has 0 spiro atoms. The molecule has 1 aromatic heterocycles. The molecule has 2 rings (SSSR count). The molecule has 0 aliphatic rings. The van der Waals surface area contributed by atoms with Crippen LogP contribution in [-0.2, 0) is 11.8 Å². The van der Waals surface area contributed by atoms with E-state index in [2.05, 4.69) is 26.3 Å². The summed E-state index contributed by atoms with van der Waals surface area (Å²) in [4.78, 5) is 22.8. The van der Waals surface area contributed by atoms with Gasteiger partial charge in [0.25, 0.3) is 0 Å². The zero-order valence-electron chi connectivity index (χ0n) is 11.1. The Morgan fingerprint density at radius 1 is 1.38 bits per heavy atom. The fourth-order valence-corrected chi connectivity index (χ4v) is 2.17. The van der Waals surface area contributed by atoms with Gasteiger partial charge in [0.2, 0.25) is 5.91 Å². The van der Waals surface area contributed by atoms with Gasteiger partial charge in [-0.15, -0.1) is 0 Å². The number of halogens is 1. The van der Waals surface area contributed by atoms with Crippen molar-refractivity contribution in [2.45, 2.75) is 0 Å². The Labute approximate surface area is 129 Å². The quantitative estimate of drug-likeness (QED) is 0.830. The highest BCUT2D eigenvalue weighted by molar-refractivity contribution is 9.10. The summed E-state index contributed by atoms with van der Waals surface area (Å²) in [7, 11) is 1.77. The number of rotatable bonds is 4. The maximum Gasteiger partial charge on any atom is 0.335 e. The molecule has 0 radical (unpaired) electrons. The molecule has 2 N–H and O–H groups in total. The molecule has 0 aliphatic heterocycles. The standard InChI is InChI=1S/C14H12BrN3O3/c1-18-12(4-5-16-18)2-3-13(19)17-11-7-9(14(20)21)6-10(15)8-11/h2-8H,1H3,(H,17,19)(H,20,21)/b3-2+. The molecule has 0 atom stereocenters. The average Bonchev–Trinajstić information content (AvgIpc) is 2.81. The zero-order valence-corrected chi connectivity index (χ0v) is 12.7. The van der Waals surface area contributed by atoms with Gasteiger partial charge in [0, 0.05) is 29.5 Å². The van der Waals surface area contributed by atoms with Crippen molar-refractivity contribution < 1.29 is 14.7 Å². The molecule has 0 aliphatic carbocycles. The van der Waals surface area contributed by atoms with E-state index in [0.717, 1.165) is 5.69 Å². The number of hydrogen-bond acceptors (Lipinski definition) is 3. The lowest BCUT2D eigenvalue weighted by Gasteiger charge is -2.05. The molecule has 1 aromatic carbocycles. The number of hydrogen-bond donors (Lipinski definition) is 2. The number of carboxylic acid groups (broad SMARTS) is 1. The first-order valence-corrected chi connectivity index (χ1v) is 6.76. The summed E-state index contributed by atoms with van der Waals surface area (Å²) in [6.45, 7) is 0. The molecule has 2 aromatic rings. The van der Waals surface area contributed by atoms with Gasteiger partial charge in [-0.25, -0.2) is 4.79 Å². The van der Waals surface area contributed by atoms with Gasteiger partial charge in [-0.2, -0.15) is 5.10 Å². The number of benzene rings is 1. The van der Waals surface area contributed by atoms with E-state index in [1.54, 1.807) is 36.1 Å². The zero-order chi connectivity index (χ0) is 15.4. The molecule has 1 heterocycles. The molecule has 0 bridgehead atoms. The van der Waals surface area contributed by atoms with Crippen LogP contribution in [-0.4, -0.2) is 26.8 Å². The van der Waals surface area contributed by atoms with Crippen LogP contribution in [0.25, 0.3) is 6.08 Å². The van der Waals surface area contributed by atoms with E-state index in [4.69, 9.17) is 5.11 Å². The molecule has 108 valence electrons. The van der Waals surface area contributed by atoms with E-state index in [9.17, 15) is 9.59 Å². The Morgan fingerprint density at radius 2 is 2.14 bits per heavy atom. The van der Waals surface area contributed by atoms with Gasteiger partial charge >= 0.3 is 5.97 Å². The maximum atomic E-state index is 11.8. The number of carbonyl (C=O) groups excluding carboxylic acids is 1. The number of amides is 1. The number of nitrogens with zero attached hydrogens (tertiary/aromatic N) is 2. The first-order valence-electron chi connectivity index (χ1n) is 5.96. The van der Waals surface area contributed by atoms with Crippen molar-refractivity contribution in [1.29, 1.82) is 0 Å². The number of carboxylic acids is 1. The van der Waals surface area contributed by atoms with Crippen LogP contribution in [0.3, 0.4) is 0 Å². The highest BCUT2D eigenvalue weighted by Crippen LogP contribution is 2.19. The van der Waals surface area contributed by atoms with E-state index in [1.807, 2.05) is 0 Å². The summed E-state index contributed by atoms with van der Waals surface area (Å²) in [5, 5.41) is 15.6. The summed E-state index contributed by atoms with van der Waals surface area (Å²) < 4.78 is 2.21. The van der Waals surface area contributed by atoms with E-state index in [0.29, 0.717) is 10.2 Å². The van der Waals surface area contributed by atoms with Gasteiger partial charge in [0.05, 0.1) is 11.3 Å². The van der Waals surface area contributed by atoms with Crippen molar-refractivity contribution in [3.8, 4) is 0 Å². The summed E-state index contributed by atoms with van der Waals surface area (Å²) in [6, 6.07) is 6.25. The predicted octanol–water partition coefficient (Wildman–Crippen LogP) is 2.53. The second-order valence-electron chi connectivity index (χ2n) is 4.24. The molecule has 0 fully saturated rings. The molecule has 0 unspecified atom stereocenters. The van der Waals surface area contributed by atoms with Crippen LogP contribution in [0.1, 0.15) is 16.1 Å². The van der Waals surface area contributed by atoms with Gasteiger partial charge in [-0.05, 0) is 30.3 Å². The molecule has 7 heteroatoms. The minimum atomic E-state index is -1.06. The topological polar surface area (TPSA) is 84.2 Å². The second-order valence-corrected chi connectivity index (χ2v) is 5.15. The lowest BCUT2D eigenvalue weighted by atomic mass is 10.2. The summed E-state index contributed by atoms with van der Waals surface area (Å²) >= 11 is 3.21. The molecule has 0 saturated carbocycles. The monoisotopic (exact) mass is 349 g/mol. The van der Waals surface area contributed by atoms with Gasteiger partial charge in [0.1, 0.15) is 0 Å². The lowest BCUT2D eigenvalue weighted by Crippen LogP contribution is -2.09. The molecular formula is C14H12BrN3O3. The molecule has 6 nitrogen and oxygen atoms in total. The number of aromatic carboxylic acids is 1. The first kappa shape index (κ1) is 15.0. The minimum absolute atomic E-state index is 0.0929. The maximum absolute atomic E-state index is 11.8. The van der Waals surface area contributed by atoms with E-state index >= 15 is 0 Å². The highest BCUT2D eigenvalue weighted by atomic mass is 79.9. The van der Waals surface area contributed by atoms with Crippen molar-refractivity contribution >= 4 is 39.6 Å². The van der Waals surface area contributed by atoms with Crippen LogP contribution < -0.4 is 5.32 Å². The Bertz CT molecular complexity index is 722. The van der Waals surface area contributed by atoms with E-state index in [-0.39, 0.29) is 11.5 Å². The Hall–Kier alpha value is -2.41. The second kappa shape index (κ2) is 6.36.